The maximum atomic E-state index is 9.35. The van der Waals surface area contributed by atoms with Crippen molar-refractivity contribution < 1.29 is 9.84 Å². The number of phenols is 1. The standard InChI is InChI=1S/C16H25NO2/c1-15(2,3)17-11-16(8-9-19-12-16)10-13-4-6-14(18)7-5-13/h4-7,17-18H,8-12H2,1-3H3. The second-order valence-electron chi connectivity index (χ2n) is 6.75. The number of rotatable bonds is 4. The highest BCUT2D eigenvalue weighted by Crippen LogP contribution is 2.33. The summed E-state index contributed by atoms with van der Waals surface area (Å²) in [4.78, 5) is 0. The molecule has 3 heteroatoms. The van der Waals surface area contributed by atoms with Crippen molar-refractivity contribution in [2.75, 3.05) is 19.8 Å². The van der Waals surface area contributed by atoms with Gasteiger partial charge in [-0.3, -0.25) is 0 Å². The first kappa shape index (κ1) is 14.4. The summed E-state index contributed by atoms with van der Waals surface area (Å²) in [5.74, 6) is 0.327. The molecule has 1 aliphatic rings. The highest BCUT2D eigenvalue weighted by Gasteiger charge is 2.35. The topological polar surface area (TPSA) is 41.5 Å². The zero-order chi connectivity index (χ0) is 13.9. The van der Waals surface area contributed by atoms with Crippen LogP contribution in [0.2, 0.25) is 0 Å². The Hall–Kier alpha value is -1.06. The van der Waals surface area contributed by atoms with E-state index in [-0.39, 0.29) is 11.0 Å². The van der Waals surface area contributed by atoms with Gasteiger partial charge in [-0.1, -0.05) is 12.1 Å². The Morgan fingerprint density at radius 1 is 1.26 bits per heavy atom. The summed E-state index contributed by atoms with van der Waals surface area (Å²) in [6.45, 7) is 9.21. The molecule has 0 spiro atoms. The van der Waals surface area contributed by atoms with Gasteiger partial charge in [-0.25, -0.2) is 0 Å². The van der Waals surface area contributed by atoms with Crippen molar-refractivity contribution in [2.45, 2.75) is 39.2 Å². The number of hydrogen-bond donors (Lipinski definition) is 2. The largest absolute Gasteiger partial charge is 0.508 e. The van der Waals surface area contributed by atoms with Crippen molar-refractivity contribution in [2.24, 2.45) is 5.41 Å². The van der Waals surface area contributed by atoms with Crippen molar-refractivity contribution in [3.63, 3.8) is 0 Å². The first-order chi connectivity index (χ1) is 8.89. The number of ether oxygens (including phenoxy) is 1. The van der Waals surface area contributed by atoms with E-state index in [1.54, 1.807) is 12.1 Å². The minimum absolute atomic E-state index is 0.130. The van der Waals surface area contributed by atoms with Crippen LogP contribution in [0, 0.1) is 5.41 Å². The Bertz CT molecular complexity index is 400. The summed E-state index contributed by atoms with van der Waals surface area (Å²) in [6, 6.07) is 7.53. The molecule has 1 aliphatic heterocycles. The van der Waals surface area contributed by atoms with Gasteiger partial charge in [0.1, 0.15) is 5.75 Å². The summed E-state index contributed by atoms with van der Waals surface area (Å²) < 4.78 is 5.63. The molecular formula is C16H25NO2. The quantitative estimate of drug-likeness (QED) is 0.877. The SMILES string of the molecule is CC(C)(C)NCC1(Cc2ccc(O)cc2)CCOC1. The van der Waals surface area contributed by atoms with E-state index in [4.69, 9.17) is 4.74 Å². The third-order valence-corrected chi connectivity index (χ3v) is 3.69. The molecule has 2 rings (SSSR count). The van der Waals surface area contributed by atoms with Gasteiger partial charge >= 0.3 is 0 Å². The molecule has 0 aromatic heterocycles. The number of aromatic hydroxyl groups is 1. The average Bonchev–Trinajstić information content (AvgIpc) is 2.78. The molecule has 0 bridgehead atoms. The average molecular weight is 263 g/mol. The van der Waals surface area contributed by atoms with Gasteiger partial charge in [-0.15, -0.1) is 0 Å². The number of phenolic OH excluding ortho intramolecular Hbond substituents is 1. The normalized spacial score (nSPS) is 23.7. The molecule has 1 saturated heterocycles. The third-order valence-electron chi connectivity index (χ3n) is 3.69. The van der Waals surface area contributed by atoms with Crippen molar-refractivity contribution >= 4 is 0 Å². The molecule has 0 radical (unpaired) electrons. The van der Waals surface area contributed by atoms with Gasteiger partial charge < -0.3 is 15.2 Å². The van der Waals surface area contributed by atoms with Crippen LogP contribution in [0.1, 0.15) is 32.8 Å². The lowest BCUT2D eigenvalue weighted by Crippen LogP contribution is -2.45. The van der Waals surface area contributed by atoms with E-state index in [9.17, 15) is 5.11 Å². The Labute approximate surface area is 116 Å². The van der Waals surface area contributed by atoms with E-state index < -0.39 is 0 Å². The van der Waals surface area contributed by atoms with E-state index in [1.165, 1.54) is 5.56 Å². The van der Waals surface area contributed by atoms with E-state index in [0.717, 1.165) is 32.6 Å². The van der Waals surface area contributed by atoms with Crippen LogP contribution in [-0.4, -0.2) is 30.4 Å². The molecule has 0 aliphatic carbocycles. The Morgan fingerprint density at radius 2 is 1.95 bits per heavy atom. The van der Waals surface area contributed by atoms with Crippen LogP contribution in [0.5, 0.6) is 5.75 Å². The fourth-order valence-corrected chi connectivity index (χ4v) is 2.49. The van der Waals surface area contributed by atoms with Gasteiger partial charge in [0.25, 0.3) is 0 Å². The van der Waals surface area contributed by atoms with Gasteiger partial charge in [0.15, 0.2) is 0 Å². The molecule has 1 unspecified atom stereocenters. The molecule has 106 valence electrons. The highest BCUT2D eigenvalue weighted by molar-refractivity contribution is 5.27. The summed E-state index contributed by atoms with van der Waals surface area (Å²) in [6.07, 6.45) is 2.09. The number of benzene rings is 1. The predicted molar refractivity (Wildman–Crippen MR) is 77.4 cm³/mol. The zero-order valence-electron chi connectivity index (χ0n) is 12.2. The summed E-state index contributed by atoms with van der Waals surface area (Å²) in [7, 11) is 0. The predicted octanol–water partition coefficient (Wildman–Crippen LogP) is 2.73. The smallest absolute Gasteiger partial charge is 0.115 e. The summed E-state index contributed by atoms with van der Waals surface area (Å²) in [5.41, 5.74) is 1.58. The maximum Gasteiger partial charge on any atom is 0.115 e. The van der Waals surface area contributed by atoms with Crippen LogP contribution in [-0.2, 0) is 11.2 Å². The van der Waals surface area contributed by atoms with E-state index >= 15 is 0 Å². The molecule has 0 saturated carbocycles. The first-order valence-electron chi connectivity index (χ1n) is 6.99. The molecule has 1 heterocycles. The molecule has 19 heavy (non-hydrogen) atoms. The molecule has 1 aromatic carbocycles. The Morgan fingerprint density at radius 3 is 2.47 bits per heavy atom. The Kier molecular flexibility index (Phi) is 4.16. The lowest BCUT2D eigenvalue weighted by atomic mass is 9.80. The van der Waals surface area contributed by atoms with Crippen LogP contribution in [0.15, 0.2) is 24.3 Å². The second-order valence-corrected chi connectivity index (χ2v) is 6.75. The van der Waals surface area contributed by atoms with Crippen molar-refractivity contribution in [3.05, 3.63) is 29.8 Å². The van der Waals surface area contributed by atoms with Crippen LogP contribution in [0.4, 0.5) is 0 Å². The van der Waals surface area contributed by atoms with Crippen molar-refractivity contribution in [1.82, 2.24) is 5.32 Å². The monoisotopic (exact) mass is 263 g/mol. The molecule has 1 atom stereocenters. The van der Waals surface area contributed by atoms with Crippen molar-refractivity contribution in [3.8, 4) is 5.75 Å². The summed E-state index contributed by atoms with van der Waals surface area (Å²) >= 11 is 0. The van der Waals surface area contributed by atoms with E-state index in [2.05, 4.69) is 26.1 Å². The van der Waals surface area contributed by atoms with Crippen LogP contribution < -0.4 is 5.32 Å². The minimum Gasteiger partial charge on any atom is -0.508 e. The highest BCUT2D eigenvalue weighted by atomic mass is 16.5. The second kappa shape index (κ2) is 5.51. The van der Waals surface area contributed by atoms with Gasteiger partial charge in [-0.05, 0) is 51.3 Å². The van der Waals surface area contributed by atoms with E-state index in [0.29, 0.717) is 5.75 Å². The van der Waals surface area contributed by atoms with Gasteiger partial charge in [0, 0.05) is 24.1 Å². The molecular weight excluding hydrogens is 238 g/mol. The van der Waals surface area contributed by atoms with Gasteiger partial charge in [-0.2, -0.15) is 0 Å². The Balaban J connectivity index is 2.05. The van der Waals surface area contributed by atoms with E-state index in [1.807, 2.05) is 12.1 Å². The van der Waals surface area contributed by atoms with Crippen molar-refractivity contribution in [1.29, 1.82) is 0 Å². The van der Waals surface area contributed by atoms with Gasteiger partial charge in [0.05, 0.1) is 6.61 Å². The van der Waals surface area contributed by atoms with Crippen LogP contribution in [0.25, 0.3) is 0 Å². The lowest BCUT2D eigenvalue weighted by molar-refractivity contribution is 0.144. The molecule has 2 N–H and O–H groups in total. The third kappa shape index (κ3) is 4.22. The fourth-order valence-electron chi connectivity index (χ4n) is 2.49. The molecule has 1 fully saturated rings. The number of hydrogen-bond acceptors (Lipinski definition) is 3. The molecule has 3 nitrogen and oxygen atoms in total. The fraction of sp³-hybridized carbons (Fsp3) is 0.625. The molecule has 0 amide bonds. The van der Waals surface area contributed by atoms with Crippen LogP contribution >= 0.6 is 0 Å². The maximum absolute atomic E-state index is 9.35. The summed E-state index contributed by atoms with van der Waals surface area (Å²) in [5, 5.41) is 13.0. The zero-order valence-corrected chi connectivity index (χ0v) is 12.2. The van der Waals surface area contributed by atoms with Crippen LogP contribution in [0.3, 0.4) is 0 Å². The molecule has 1 aromatic rings. The van der Waals surface area contributed by atoms with Gasteiger partial charge in [0.2, 0.25) is 0 Å². The number of nitrogens with one attached hydrogen (secondary N) is 1. The first-order valence-corrected chi connectivity index (χ1v) is 6.99. The lowest BCUT2D eigenvalue weighted by Gasteiger charge is -2.32. The minimum atomic E-state index is 0.130.